The monoisotopic (exact) mass is 437 g/mol. The molecular formula is C17H36IN5. The normalized spacial score (nSPS) is 23.2. The number of hydrogen-bond acceptors (Lipinski definition) is 3. The molecule has 0 radical (unpaired) electrons. The van der Waals surface area contributed by atoms with Crippen LogP contribution in [0.15, 0.2) is 4.99 Å². The van der Waals surface area contributed by atoms with Crippen molar-refractivity contribution in [1.82, 2.24) is 20.4 Å². The Morgan fingerprint density at radius 1 is 1.13 bits per heavy atom. The maximum Gasteiger partial charge on any atom is 0.191 e. The highest BCUT2D eigenvalue weighted by molar-refractivity contribution is 14.0. The first kappa shape index (κ1) is 21.0. The van der Waals surface area contributed by atoms with Gasteiger partial charge >= 0.3 is 0 Å². The smallest absolute Gasteiger partial charge is 0.191 e. The second-order valence-corrected chi connectivity index (χ2v) is 6.89. The maximum absolute atomic E-state index is 4.84. The quantitative estimate of drug-likeness (QED) is 0.393. The topological polar surface area (TPSA) is 42.9 Å². The van der Waals surface area contributed by atoms with Gasteiger partial charge in [0, 0.05) is 44.8 Å². The zero-order valence-corrected chi connectivity index (χ0v) is 17.5. The Hall–Kier alpha value is -0.0800. The van der Waals surface area contributed by atoms with E-state index in [0.717, 1.165) is 19.0 Å². The lowest BCUT2D eigenvalue weighted by atomic mass is 9.96. The highest BCUT2D eigenvalue weighted by Gasteiger charge is 2.19. The SMILES string of the molecule is CCNC(=NCC(C)N1CCN(C)CC1)NC1CCCCC1.I. The molecule has 1 atom stereocenters. The summed E-state index contributed by atoms with van der Waals surface area (Å²) in [5, 5.41) is 7.04. The van der Waals surface area contributed by atoms with Crippen LogP contribution < -0.4 is 10.6 Å². The van der Waals surface area contributed by atoms with E-state index in [1.54, 1.807) is 0 Å². The number of halogens is 1. The predicted molar refractivity (Wildman–Crippen MR) is 110 cm³/mol. The third-order valence-electron chi connectivity index (χ3n) is 4.97. The van der Waals surface area contributed by atoms with Gasteiger partial charge in [-0.1, -0.05) is 19.3 Å². The van der Waals surface area contributed by atoms with E-state index >= 15 is 0 Å². The number of aliphatic imine (C=N–C) groups is 1. The lowest BCUT2D eigenvalue weighted by molar-refractivity contribution is 0.122. The average molecular weight is 437 g/mol. The summed E-state index contributed by atoms with van der Waals surface area (Å²) in [6.45, 7) is 10.9. The largest absolute Gasteiger partial charge is 0.357 e. The average Bonchev–Trinajstić information content (AvgIpc) is 2.54. The third-order valence-corrected chi connectivity index (χ3v) is 4.97. The van der Waals surface area contributed by atoms with E-state index in [9.17, 15) is 0 Å². The first-order valence-electron chi connectivity index (χ1n) is 9.16. The molecule has 0 aromatic carbocycles. The highest BCUT2D eigenvalue weighted by atomic mass is 127. The van der Waals surface area contributed by atoms with E-state index in [1.807, 2.05) is 0 Å². The predicted octanol–water partition coefficient (Wildman–Crippen LogP) is 2.13. The fourth-order valence-electron chi connectivity index (χ4n) is 3.36. The molecule has 0 spiro atoms. The number of piperazine rings is 1. The molecule has 1 heterocycles. The van der Waals surface area contributed by atoms with E-state index in [4.69, 9.17) is 4.99 Å². The fourth-order valence-corrected chi connectivity index (χ4v) is 3.36. The van der Waals surface area contributed by atoms with Gasteiger partial charge in [-0.25, -0.2) is 0 Å². The van der Waals surface area contributed by atoms with Crippen LogP contribution in [0.3, 0.4) is 0 Å². The molecule has 2 aliphatic rings. The van der Waals surface area contributed by atoms with E-state index in [-0.39, 0.29) is 24.0 Å². The zero-order valence-electron chi connectivity index (χ0n) is 15.2. The number of hydrogen-bond donors (Lipinski definition) is 2. The highest BCUT2D eigenvalue weighted by Crippen LogP contribution is 2.17. The Morgan fingerprint density at radius 3 is 2.39 bits per heavy atom. The molecule has 0 amide bonds. The zero-order chi connectivity index (χ0) is 15.8. The summed E-state index contributed by atoms with van der Waals surface area (Å²) >= 11 is 0. The summed E-state index contributed by atoms with van der Waals surface area (Å²) in [7, 11) is 2.21. The molecule has 136 valence electrons. The Kier molecular flexibility index (Phi) is 10.5. The van der Waals surface area contributed by atoms with Crippen molar-refractivity contribution in [2.24, 2.45) is 4.99 Å². The van der Waals surface area contributed by atoms with Gasteiger partial charge in [-0.15, -0.1) is 24.0 Å². The van der Waals surface area contributed by atoms with Gasteiger partial charge in [0.2, 0.25) is 0 Å². The molecule has 5 nitrogen and oxygen atoms in total. The summed E-state index contributed by atoms with van der Waals surface area (Å²) in [6.07, 6.45) is 6.69. The molecule has 1 aliphatic heterocycles. The first-order chi connectivity index (χ1) is 10.7. The van der Waals surface area contributed by atoms with Gasteiger partial charge in [-0.3, -0.25) is 9.89 Å². The lowest BCUT2D eigenvalue weighted by Gasteiger charge is -2.36. The van der Waals surface area contributed by atoms with Crippen molar-refractivity contribution in [1.29, 1.82) is 0 Å². The van der Waals surface area contributed by atoms with E-state index < -0.39 is 0 Å². The molecule has 2 N–H and O–H groups in total. The molecule has 2 rings (SSSR count). The van der Waals surface area contributed by atoms with Crippen LogP contribution in [0.25, 0.3) is 0 Å². The summed E-state index contributed by atoms with van der Waals surface area (Å²) in [4.78, 5) is 9.81. The van der Waals surface area contributed by atoms with Crippen LogP contribution in [0.5, 0.6) is 0 Å². The molecule has 2 fully saturated rings. The van der Waals surface area contributed by atoms with Crippen molar-refractivity contribution >= 4 is 29.9 Å². The standard InChI is InChI=1S/C17H35N5.HI/c1-4-18-17(20-16-8-6-5-7-9-16)19-14-15(2)22-12-10-21(3)11-13-22;/h15-16H,4-14H2,1-3H3,(H2,18,19,20);1H. The van der Waals surface area contributed by atoms with Crippen LogP contribution in [0.2, 0.25) is 0 Å². The molecule has 1 aliphatic carbocycles. The summed E-state index contributed by atoms with van der Waals surface area (Å²) in [5.41, 5.74) is 0. The summed E-state index contributed by atoms with van der Waals surface area (Å²) in [5.74, 6) is 1.01. The number of guanidine groups is 1. The van der Waals surface area contributed by atoms with Gasteiger partial charge in [0.15, 0.2) is 5.96 Å². The molecule has 6 heteroatoms. The van der Waals surface area contributed by atoms with Crippen molar-refractivity contribution in [3.05, 3.63) is 0 Å². The lowest BCUT2D eigenvalue weighted by Crippen LogP contribution is -2.49. The van der Waals surface area contributed by atoms with Crippen LogP contribution in [0, 0.1) is 0 Å². The molecule has 0 bridgehead atoms. The van der Waals surface area contributed by atoms with Gasteiger partial charge in [0.1, 0.15) is 0 Å². The van der Waals surface area contributed by atoms with Crippen molar-refractivity contribution in [3.63, 3.8) is 0 Å². The van der Waals surface area contributed by atoms with Gasteiger partial charge in [-0.2, -0.15) is 0 Å². The van der Waals surface area contributed by atoms with Crippen LogP contribution in [0.1, 0.15) is 46.0 Å². The van der Waals surface area contributed by atoms with Crippen molar-refractivity contribution in [3.8, 4) is 0 Å². The maximum atomic E-state index is 4.84. The molecule has 23 heavy (non-hydrogen) atoms. The van der Waals surface area contributed by atoms with Crippen molar-refractivity contribution in [2.45, 2.75) is 58.0 Å². The van der Waals surface area contributed by atoms with Gasteiger partial charge < -0.3 is 15.5 Å². The van der Waals surface area contributed by atoms with Crippen LogP contribution in [-0.4, -0.2) is 74.2 Å². The number of rotatable bonds is 5. The third kappa shape index (κ3) is 7.56. The van der Waals surface area contributed by atoms with E-state index in [0.29, 0.717) is 12.1 Å². The molecule has 1 saturated heterocycles. The van der Waals surface area contributed by atoms with E-state index in [2.05, 4.69) is 41.3 Å². The van der Waals surface area contributed by atoms with Crippen molar-refractivity contribution < 1.29 is 0 Å². The molecule has 0 aromatic rings. The summed E-state index contributed by atoms with van der Waals surface area (Å²) < 4.78 is 0. The first-order valence-corrected chi connectivity index (χ1v) is 9.16. The molecule has 0 aromatic heterocycles. The van der Waals surface area contributed by atoms with Gasteiger partial charge in [0.25, 0.3) is 0 Å². The molecular weight excluding hydrogens is 401 g/mol. The van der Waals surface area contributed by atoms with Crippen LogP contribution >= 0.6 is 24.0 Å². The van der Waals surface area contributed by atoms with Gasteiger partial charge in [0.05, 0.1) is 6.54 Å². The fraction of sp³-hybridized carbons (Fsp3) is 0.941. The Balaban J connectivity index is 0.00000264. The Morgan fingerprint density at radius 2 is 1.78 bits per heavy atom. The number of nitrogens with zero attached hydrogens (tertiary/aromatic N) is 3. The van der Waals surface area contributed by atoms with E-state index in [1.165, 1.54) is 58.3 Å². The Bertz CT molecular complexity index is 336. The van der Waals surface area contributed by atoms with Gasteiger partial charge in [-0.05, 0) is 33.7 Å². The number of likely N-dealkylation sites (N-methyl/N-ethyl adjacent to an activating group) is 1. The van der Waals surface area contributed by atoms with Crippen LogP contribution in [-0.2, 0) is 0 Å². The minimum Gasteiger partial charge on any atom is -0.357 e. The minimum atomic E-state index is 0. The van der Waals surface area contributed by atoms with Crippen molar-refractivity contribution in [2.75, 3.05) is 46.3 Å². The van der Waals surface area contributed by atoms with Crippen LogP contribution in [0.4, 0.5) is 0 Å². The second-order valence-electron chi connectivity index (χ2n) is 6.89. The molecule has 1 unspecified atom stereocenters. The summed E-state index contributed by atoms with van der Waals surface area (Å²) in [6, 6.07) is 1.14. The second kappa shape index (κ2) is 11.5. The minimum absolute atomic E-state index is 0. The Labute approximate surface area is 159 Å². The number of nitrogens with one attached hydrogen (secondary N) is 2. The molecule has 1 saturated carbocycles.